The first kappa shape index (κ1) is 47.8. The van der Waals surface area contributed by atoms with Crippen molar-refractivity contribution in [2.24, 2.45) is 0 Å². The summed E-state index contributed by atoms with van der Waals surface area (Å²) in [4.78, 5) is 7.68. The maximum Gasteiger partial charge on any atom is 0.252 e. The standard InChI is InChI=1S/C82H54BN3/c1-51-37-43-76-74(45-51)83-75-46-52(2)38-44-77(75)86(56-40-42-73-65(48-56)63-30-14-20-36-71(63)82(73)68-33-17-11-27-60(68)61-28-12-18-34-69(61)82)79-50-57(84(53-21-5-3-6-22-53)54-23-7-4-8-24-54)49-78(80(79)83)85(76)55-39-41-72-64(47-55)62-29-13-19-35-70(62)81(72)66-31-15-9-25-58(66)59-26-10-16-32-67(59)81/h3-50H,1-2H3. The summed E-state index contributed by atoms with van der Waals surface area (Å²) >= 11 is 0. The van der Waals surface area contributed by atoms with Crippen LogP contribution in [0.15, 0.2) is 291 Å². The minimum absolute atomic E-state index is 0.0666. The van der Waals surface area contributed by atoms with E-state index < -0.39 is 10.8 Å². The summed E-state index contributed by atoms with van der Waals surface area (Å²) in [5.74, 6) is 0. The van der Waals surface area contributed by atoms with Gasteiger partial charge in [0.05, 0.1) is 16.5 Å². The molecular formula is C82H54BN3. The molecule has 0 atom stereocenters. The van der Waals surface area contributed by atoms with Gasteiger partial charge in [0.1, 0.15) is 0 Å². The predicted octanol–water partition coefficient (Wildman–Crippen LogP) is 18.5. The maximum absolute atomic E-state index is 2.61. The highest BCUT2D eigenvalue weighted by atomic mass is 15.2. The first-order valence-corrected chi connectivity index (χ1v) is 30.3. The third-order valence-corrected chi connectivity index (χ3v) is 20.1. The fourth-order valence-electron chi connectivity index (χ4n) is 17.0. The second kappa shape index (κ2) is 17.5. The van der Waals surface area contributed by atoms with E-state index in [1.165, 1.54) is 128 Å². The van der Waals surface area contributed by atoms with Gasteiger partial charge in [0, 0.05) is 45.5 Å². The van der Waals surface area contributed by atoms with E-state index in [-0.39, 0.29) is 6.71 Å². The SMILES string of the molecule is Cc1ccc2c(c1)B1c3cc(C)ccc3N(c3ccc4c(c3)-c3ccccc3C43c4ccccc4-c4ccccc43)c3cc(N(c4ccccc4)c4ccccc4)cc(c31)N2c1ccc2c(c1)-c1ccccc1C21c2ccccc2-c2ccccc21. The fraction of sp³-hybridized carbons (Fsp3) is 0.0488. The quantitative estimate of drug-likeness (QED) is 0.159. The molecule has 6 aliphatic rings. The smallest absolute Gasteiger partial charge is 0.252 e. The van der Waals surface area contributed by atoms with Crippen LogP contribution >= 0.6 is 0 Å². The van der Waals surface area contributed by atoms with Crippen molar-refractivity contribution in [1.29, 1.82) is 0 Å². The van der Waals surface area contributed by atoms with Gasteiger partial charge in [0.15, 0.2) is 0 Å². The van der Waals surface area contributed by atoms with Crippen LogP contribution in [0.25, 0.3) is 44.5 Å². The Hall–Kier alpha value is -10.7. The van der Waals surface area contributed by atoms with Crippen molar-refractivity contribution in [3.05, 3.63) is 347 Å². The highest BCUT2D eigenvalue weighted by Crippen LogP contribution is 2.65. The van der Waals surface area contributed by atoms with E-state index in [0.29, 0.717) is 0 Å². The molecule has 86 heavy (non-hydrogen) atoms. The minimum Gasteiger partial charge on any atom is -0.311 e. The summed E-state index contributed by atoms with van der Waals surface area (Å²) in [5, 5.41) is 0. The Kier molecular flexibility index (Phi) is 9.69. The lowest BCUT2D eigenvalue weighted by Gasteiger charge is -2.45. The van der Waals surface area contributed by atoms with Crippen molar-refractivity contribution in [3.63, 3.8) is 0 Å². The zero-order chi connectivity index (χ0) is 56.6. The third-order valence-electron chi connectivity index (χ3n) is 20.1. The molecule has 0 N–H and O–H groups in total. The molecule has 13 aromatic carbocycles. The Morgan fingerprint density at radius 1 is 0.267 bits per heavy atom. The van der Waals surface area contributed by atoms with Crippen LogP contribution in [0.4, 0.5) is 51.2 Å². The molecule has 3 nitrogen and oxygen atoms in total. The van der Waals surface area contributed by atoms with Crippen molar-refractivity contribution in [2.75, 3.05) is 14.7 Å². The van der Waals surface area contributed by atoms with Crippen LogP contribution in [0, 0.1) is 13.8 Å². The number of fused-ring (bicyclic) bond motifs is 24. The van der Waals surface area contributed by atoms with Gasteiger partial charge in [-0.1, -0.05) is 230 Å². The van der Waals surface area contributed by atoms with Gasteiger partial charge in [-0.25, -0.2) is 0 Å². The molecule has 0 aromatic heterocycles. The molecule has 0 fully saturated rings. The molecule has 4 heteroatoms. The van der Waals surface area contributed by atoms with Crippen LogP contribution in [0.5, 0.6) is 0 Å². The van der Waals surface area contributed by atoms with E-state index in [2.05, 4.69) is 320 Å². The number of nitrogens with zero attached hydrogens (tertiary/aromatic N) is 3. The van der Waals surface area contributed by atoms with Gasteiger partial charge in [-0.2, -0.15) is 0 Å². The molecule has 4 aliphatic carbocycles. The summed E-state index contributed by atoms with van der Waals surface area (Å²) in [5.41, 5.74) is 36.8. The Bertz CT molecular complexity index is 4680. The monoisotopic (exact) mass is 1090 g/mol. The van der Waals surface area contributed by atoms with Gasteiger partial charge in [-0.3, -0.25) is 0 Å². The highest BCUT2D eigenvalue weighted by molar-refractivity contribution is 7.00. The van der Waals surface area contributed by atoms with Crippen molar-refractivity contribution in [2.45, 2.75) is 24.7 Å². The van der Waals surface area contributed by atoms with Gasteiger partial charge in [-0.05, 0) is 192 Å². The molecule has 0 amide bonds. The number of anilines is 9. The summed E-state index contributed by atoms with van der Waals surface area (Å²) in [6.07, 6.45) is 0. The molecular weight excluding hydrogens is 1040 g/mol. The molecule has 2 heterocycles. The van der Waals surface area contributed by atoms with Crippen LogP contribution in [-0.4, -0.2) is 6.71 Å². The van der Waals surface area contributed by atoms with Crippen LogP contribution in [0.1, 0.15) is 55.6 Å². The van der Waals surface area contributed by atoms with Crippen LogP contribution in [-0.2, 0) is 10.8 Å². The summed E-state index contributed by atoms with van der Waals surface area (Å²) < 4.78 is 0. The largest absolute Gasteiger partial charge is 0.311 e. The maximum atomic E-state index is 2.61. The first-order chi connectivity index (χ1) is 42.5. The molecule has 0 saturated heterocycles. The molecule has 0 unspecified atom stereocenters. The predicted molar refractivity (Wildman–Crippen MR) is 357 cm³/mol. The van der Waals surface area contributed by atoms with Crippen molar-refractivity contribution < 1.29 is 0 Å². The van der Waals surface area contributed by atoms with Crippen LogP contribution < -0.4 is 31.1 Å². The summed E-state index contributed by atoms with van der Waals surface area (Å²) in [6.45, 7) is 4.45. The second-order valence-electron chi connectivity index (χ2n) is 24.4. The molecule has 0 bridgehead atoms. The second-order valence-corrected chi connectivity index (χ2v) is 24.4. The Balaban J connectivity index is 0.894. The van der Waals surface area contributed by atoms with Crippen molar-refractivity contribution in [1.82, 2.24) is 0 Å². The number of rotatable bonds is 5. The zero-order valence-corrected chi connectivity index (χ0v) is 47.6. The van der Waals surface area contributed by atoms with Gasteiger partial charge >= 0.3 is 0 Å². The topological polar surface area (TPSA) is 9.72 Å². The van der Waals surface area contributed by atoms with E-state index in [1.807, 2.05) is 0 Å². The number of aryl methyl sites for hydroxylation is 2. The average molecular weight is 1090 g/mol. The lowest BCUT2D eigenvalue weighted by atomic mass is 9.33. The van der Waals surface area contributed by atoms with E-state index in [4.69, 9.17) is 0 Å². The fourth-order valence-corrected chi connectivity index (χ4v) is 17.0. The van der Waals surface area contributed by atoms with Gasteiger partial charge in [0.2, 0.25) is 0 Å². The molecule has 13 aromatic rings. The summed E-state index contributed by atoms with van der Waals surface area (Å²) in [7, 11) is 0. The van der Waals surface area contributed by atoms with Gasteiger partial charge in [-0.15, -0.1) is 0 Å². The molecule has 2 spiro atoms. The minimum atomic E-state index is -0.451. The van der Waals surface area contributed by atoms with Gasteiger partial charge in [0.25, 0.3) is 6.71 Å². The lowest BCUT2D eigenvalue weighted by Crippen LogP contribution is -2.61. The molecule has 400 valence electrons. The molecule has 0 saturated carbocycles. The van der Waals surface area contributed by atoms with E-state index in [9.17, 15) is 0 Å². The molecule has 19 rings (SSSR count). The van der Waals surface area contributed by atoms with Crippen LogP contribution in [0.2, 0.25) is 0 Å². The average Bonchev–Trinajstić information content (AvgIpc) is 1.50. The Morgan fingerprint density at radius 3 is 0.942 bits per heavy atom. The zero-order valence-electron chi connectivity index (χ0n) is 47.6. The summed E-state index contributed by atoms with van der Waals surface area (Å²) in [6, 6.07) is 111. The highest BCUT2D eigenvalue weighted by Gasteiger charge is 2.54. The Labute approximate surface area is 502 Å². The van der Waals surface area contributed by atoms with Crippen LogP contribution in [0.3, 0.4) is 0 Å². The van der Waals surface area contributed by atoms with Crippen molar-refractivity contribution >= 4 is 74.3 Å². The van der Waals surface area contributed by atoms with E-state index in [1.54, 1.807) is 0 Å². The molecule has 2 aliphatic heterocycles. The normalized spacial score (nSPS) is 14.5. The van der Waals surface area contributed by atoms with Crippen molar-refractivity contribution in [3.8, 4) is 44.5 Å². The number of hydrogen-bond donors (Lipinski definition) is 0. The van der Waals surface area contributed by atoms with E-state index >= 15 is 0 Å². The molecule has 0 radical (unpaired) electrons. The number of benzene rings is 13. The number of hydrogen-bond acceptors (Lipinski definition) is 3. The number of para-hydroxylation sites is 2. The third kappa shape index (κ3) is 6.07. The van der Waals surface area contributed by atoms with E-state index in [0.717, 1.165) is 39.8 Å². The van der Waals surface area contributed by atoms with Gasteiger partial charge < -0.3 is 14.7 Å². The lowest BCUT2D eigenvalue weighted by molar-refractivity contribution is 0.794. The Morgan fingerprint density at radius 2 is 0.581 bits per heavy atom. The first-order valence-electron chi connectivity index (χ1n) is 30.3.